The zero-order chi connectivity index (χ0) is 19.2. The summed E-state index contributed by atoms with van der Waals surface area (Å²) >= 11 is 0. The molecule has 142 valence electrons. The Labute approximate surface area is 149 Å². The highest BCUT2D eigenvalue weighted by Crippen LogP contribution is 2.17. The van der Waals surface area contributed by atoms with Crippen molar-refractivity contribution in [3.63, 3.8) is 0 Å². The molecule has 25 heavy (non-hydrogen) atoms. The topological polar surface area (TPSA) is 99.8 Å². The number of rotatable bonds is 7. The van der Waals surface area contributed by atoms with E-state index in [4.69, 9.17) is 4.74 Å². The van der Waals surface area contributed by atoms with Gasteiger partial charge >= 0.3 is 12.0 Å². The summed E-state index contributed by atoms with van der Waals surface area (Å²) in [6.45, 7) is 10.0. The van der Waals surface area contributed by atoms with Crippen LogP contribution >= 0.6 is 0 Å². The minimum Gasteiger partial charge on any atom is -0.463 e. The van der Waals surface area contributed by atoms with Crippen molar-refractivity contribution in [2.75, 3.05) is 26.7 Å². The third-order valence-corrected chi connectivity index (χ3v) is 3.50. The van der Waals surface area contributed by atoms with Crippen LogP contribution in [0.4, 0.5) is 4.79 Å². The summed E-state index contributed by atoms with van der Waals surface area (Å²) in [4.78, 5) is 38.0. The molecule has 1 rings (SSSR count). The molecule has 0 aliphatic carbocycles. The maximum absolute atomic E-state index is 12.3. The molecule has 1 aliphatic rings. The molecule has 0 radical (unpaired) electrons. The lowest BCUT2D eigenvalue weighted by Gasteiger charge is -2.30. The molecule has 0 fully saturated rings. The number of hydrogen-bond acceptors (Lipinski definition) is 5. The Morgan fingerprint density at radius 1 is 1.28 bits per heavy atom. The number of nitrogens with one attached hydrogen (secondary N) is 3. The largest absolute Gasteiger partial charge is 0.463 e. The van der Waals surface area contributed by atoms with Gasteiger partial charge in [-0.2, -0.15) is 0 Å². The average Bonchev–Trinajstić information content (AvgIpc) is 2.44. The molecule has 1 heterocycles. The second-order valence-electron chi connectivity index (χ2n) is 7.14. The van der Waals surface area contributed by atoms with Crippen LogP contribution in [0, 0.1) is 0 Å². The van der Waals surface area contributed by atoms with E-state index < -0.39 is 12.0 Å². The molecule has 0 aromatic rings. The molecule has 0 aromatic heterocycles. The first-order chi connectivity index (χ1) is 11.6. The van der Waals surface area contributed by atoms with Gasteiger partial charge in [-0.3, -0.25) is 9.69 Å². The Morgan fingerprint density at radius 2 is 1.92 bits per heavy atom. The first kappa shape index (κ1) is 21.0. The van der Waals surface area contributed by atoms with E-state index in [1.807, 2.05) is 27.7 Å². The van der Waals surface area contributed by atoms with Crippen LogP contribution in [0.15, 0.2) is 11.3 Å². The first-order valence-electron chi connectivity index (χ1n) is 8.54. The van der Waals surface area contributed by atoms with Gasteiger partial charge in [-0.25, -0.2) is 9.59 Å². The summed E-state index contributed by atoms with van der Waals surface area (Å²) in [6.07, 6.45) is 0.569. The predicted octanol–water partition coefficient (Wildman–Crippen LogP) is 0.742. The van der Waals surface area contributed by atoms with E-state index in [1.54, 1.807) is 18.9 Å². The summed E-state index contributed by atoms with van der Waals surface area (Å²) < 4.78 is 5.12. The fourth-order valence-electron chi connectivity index (χ4n) is 2.62. The molecule has 0 bridgehead atoms. The van der Waals surface area contributed by atoms with E-state index in [0.29, 0.717) is 17.7 Å². The zero-order valence-electron chi connectivity index (χ0n) is 16.0. The standard InChI is InChI=1S/C17H30N4O4/c1-7-11-14(15(23)25-8-2)12(19-16(24)18-11)9-21(6)10-13(22)20-17(3,4)5/h11H,7-10H2,1-6H3,(H,20,22)(H2,18,19,24)/t11-/m1/s1. The molecule has 1 atom stereocenters. The number of amides is 3. The number of carbonyl (C=O) groups excluding carboxylic acids is 3. The summed E-state index contributed by atoms with van der Waals surface area (Å²) in [5, 5.41) is 8.28. The predicted molar refractivity (Wildman–Crippen MR) is 94.8 cm³/mol. The fourth-order valence-corrected chi connectivity index (χ4v) is 2.62. The van der Waals surface area contributed by atoms with Crippen molar-refractivity contribution in [3.8, 4) is 0 Å². The molecule has 8 nitrogen and oxygen atoms in total. The van der Waals surface area contributed by atoms with E-state index in [1.165, 1.54) is 0 Å². The van der Waals surface area contributed by atoms with Crippen LogP contribution in [0.25, 0.3) is 0 Å². The van der Waals surface area contributed by atoms with Gasteiger partial charge in [0.25, 0.3) is 0 Å². The molecule has 0 aromatic carbocycles. The van der Waals surface area contributed by atoms with Crippen molar-refractivity contribution < 1.29 is 19.1 Å². The number of hydrogen-bond donors (Lipinski definition) is 3. The minimum absolute atomic E-state index is 0.124. The van der Waals surface area contributed by atoms with Crippen molar-refractivity contribution in [2.45, 2.75) is 52.6 Å². The van der Waals surface area contributed by atoms with Gasteiger partial charge in [-0.15, -0.1) is 0 Å². The van der Waals surface area contributed by atoms with Crippen molar-refractivity contribution in [1.29, 1.82) is 0 Å². The highest BCUT2D eigenvalue weighted by molar-refractivity contribution is 5.94. The number of esters is 1. The number of nitrogens with zero attached hydrogens (tertiary/aromatic N) is 1. The monoisotopic (exact) mass is 354 g/mol. The first-order valence-corrected chi connectivity index (χ1v) is 8.54. The van der Waals surface area contributed by atoms with E-state index in [9.17, 15) is 14.4 Å². The molecule has 8 heteroatoms. The van der Waals surface area contributed by atoms with Gasteiger partial charge in [-0.05, 0) is 41.2 Å². The second-order valence-corrected chi connectivity index (χ2v) is 7.14. The highest BCUT2D eigenvalue weighted by Gasteiger charge is 2.32. The third kappa shape index (κ3) is 6.74. The molecule has 0 saturated heterocycles. The summed E-state index contributed by atoms with van der Waals surface area (Å²) in [5.74, 6) is -0.579. The van der Waals surface area contributed by atoms with Crippen LogP contribution in [-0.4, -0.2) is 61.1 Å². The molecule has 3 amide bonds. The van der Waals surface area contributed by atoms with Crippen molar-refractivity contribution in [3.05, 3.63) is 11.3 Å². The number of likely N-dealkylation sites (N-methyl/N-ethyl adjacent to an activating group) is 1. The Bertz CT molecular complexity index is 551. The fraction of sp³-hybridized carbons (Fsp3) is 0.706. The maximum Gasteiger partial charge on any atom is 0.337 e. The SMILES string of the molecule is CCOC(=O)C1=C(CN(C)CC(=O)NC(C)(C)C)NC(=O)N[C@@H]1CC. The van der Waals surface area contributed by atoms with Gasteiger partial charge < -0.3 is 20.7 Å². The van der Waals surface area contributed by atoms with Crippen LogP contribution in [0.1, 0.15) is 41.0 Å². The van der Waals surface area contributed by atoms with Gasteiger partial charge in [0.05, 0.1) is 24.8 Å². The quantitative estimate of drug-likeness (QED) is 0.586. The number of carbonyl (C=O) groups is 3. The highest BCUT2D eigenvalue weighted by atomic mass is 16.5. The van der Waals surface area contributed by atoms with E-state index in [-0.39, 0.29) is 37.2 Å². The van der Waals surface area contributed by atoms with E-state index in [0.717, 1.165) is 0 Å². The molecule has 1 aliphatic heterocycles. The smallest absolute Gasteiger partial charge is 0.337 e. The lowest BCUT2D eigenvalue weighted by Crippen LogP contribution is -2.52. The van der Waals surface area contributed by atoms with Crippen LogP contribution in [0.3, 0.4) is 0 Å². The molecule has 3 N–H and O–H groups in total. The average molecular weight is 354 g/mol. The molecule has 0 unspecified atom stereocenters. The van der Waals surface area contributed by atoms with Gasteiger partial charge in [0.1, 0.15) is 0 Å². The van der Waals surface area contributed by atoms with Crippen LogP contribution in [-0.2, 0) is 14.3 Å². The lowest BCUT2D eigenvalue weighted by molar-refractivity contribution is -0.139. The number of ether oxygens (including phenoxy) is 1. The van der Waals surface area contributed by atoms with Crippen molar-refractivity contribution >= 4 is 17.9 Å². The lowest BCUT2D eigenvalue weighted by atomic mass is 10.00. The normalized spacial score (nSPS) is 17.9. The van der Waals surface area contributed by atoms with Crippen LogP contribution in [0.5, 0.6) is 0 Å². The Kier molecular flexibility index (Phi) is 7.41. The van der Waals surface area contributed by atoms with Crippen LogP contribution < -0.4 is 16.0 Å². The van der Waals surface area contributed by atoms with Crippen molar-refractivity contribution in [1.82, 2.24) is 20.9 Å². The van der Waals surface area contributed by atoms with Gasteiger partial charge in [0.2, 0.25) is 5.91 Å². The summed E-state index contributed by atoms with van der Waals surface area (Å²) in [7, 11) is 1.76. The zero-order valence-corrected chi connectivity index (χ0v) is 16.0. The second kappa shape index (κ2) is 8.84. The Hall–Kier alpha value is -2.09. The van der Waals surface area contributed by atoms with E-state index >= 15 is 0 Å². The molecular formula is C17H30N4O4. The van der Waals surface area contributed by atoms with Gasteiger partial charge in [0.15, 0.2) is 0 Å². The minimum atomic E-state index is -0.454. The Morgan fingerprint density at radius 3 is 2.44 bits per heavy atom. The summed E-state index contributed by atoms with van der Waals surface area (Å²) in [5.41, 5.74) is 0.566. The summed E-state index contributed by atoms with van der Waals surface area (Å²) in [6, 6.07) is -0.762. The molecule has 0 saturated carbocycles. The molecule has 0 spiro atoms. The number of urea groups is 1. The molecular weight excluding hydrogens is 324 g/mol. The van der Waals surface area contributed by atoms with Crippen molar-refractivity contribution in [2.24, 2.45) is 0 Å². The van der Waals surface area contributed by atoms with Crippen LogP contribution in [0.2, 0.25) is 0 Å². The third-order valence-electron chi connectivity index (χ3n) is 3.50. The van der Waals surface area contributed by atoms with Gasteiger partial charge in [0, 0.05) is 17.8 Å². The maximum atomic E-state index is 12.3. The van der Waals surface area contributed by atoms with Gasteiger partial charge in [-0.1, -0.05) is 6.92 Å². The Balaban J connectivity index is 2.93. The van der Waals surface area contributed by atoms with E-state index in [2.05, 4.69) is 16.0 Å².